The Morgan fingerprint density at radius 3 is 2.11 bits per heavy atom. The van der Waals surface area contributed by atoms with Crippen LogP contribution in [0.1, 0.15) is 0 Å². The Morgan fingerprint density at radius 1 is 1.00 bits per heavy atom. The maximum Gasteiger partial charge on any atom is 0.264 e. The fraction of sp³-hybridized carbons (Fsp3) is 0. The van der Waals surface area contributed by atoms with Gasteiger partial charge in [0.25, 0.3) is 10.0 Å². The van der Waals surface area contributed by atoms with E-state index in [0.29, 0.717) is 0 Å². The lowest BCUT2D eigenvalue weighted by Gasteiger charge is -2.07. The monoisotopic (exact) mass is 265 g/mol. The predicted molar refractivity (Wildman–Crippen MR) is 68.1 cm³/mol. The Hall–Kier alpha value is -2.35. The molecule has 1 aromatic heterocycles. The first-order valence-electron chi connectivity index (χ1n) is 4.95. The first-order valence-corrected chi connectivity index (χ1v) is 6.43. The van der Waals surface area contributed by atoms with Gasteiger partial charge in [-0.2, -0.15) is 9.97 Å². The second-order valence-corrected chi connectivity index (χ2v) is 5.14. The fourth-order valence-electron chi connectivity index (χ4n) is 1.31. The van der Waals surface area contributed by atoms with E-state index in [1.165, 1.54) is 18.2 Å². The Morgan fingerprint density at radius 2 is 1.56 bits per heavy atom. The molecule has 0 spiro atoms. The quantitative estimate of drug-likeness (QED) is 0.739. The third-order valence-electron chi connectivity index (χ3n) is 2.04. The zero-order valence-corrected chi connectivity index (χ0v) is 10.1. The van der Waals surface area contributed by atoms with Crippen LogP contribution in [0.3, 0.4) is 0 Å². The van der Waals surface area contributed by atoms with Crippen molar-refractivity contribution in [1.29, 1.82) is 0 Å². The number of rotatable bonds is 3. The highest BCUT2D eigenvalue weighted by molar-refractivity contribution is 7.92. The molecule has 7 nitrogen and oxygen atoms in total. The molecular formula is C10H11N5O2S. The van der Waals surface area contributed by atoms with Crippen molar-refractivity contribution >= 4 is 27.6 Å². The zero-order valence-electron chi connectivity index (χ0n) is 9.24. The molecule has 8 heteroatoms. The van der Waals surface area contributed by atoms with E-state index in [4.69, 9.17) is 11.5 Å². The number of benzene rings is 1. The number of anilines is 3. The number of nitrogen functional groups attached to an aromatic ring is 2. The highest BCUT2D eigenvalue weighted by atomic mass is 32.2. The van der Waals surface area contributed by atoms with Gasteiger partial charge < -0.3 is 11.5 Å². The van der Waals surface area contributed by atoms with Gasteiger partial charge in [-0.15, -0.1) is 0 Å². The average molecular weight is 265 g/mol. The van der Waals surface area contributed by atoms with E-state index in [2.05, 4.69) is 14.7 Å². The molecule has 0 radical (unpaired) electrons. The topological polar surface area (TPSA) is 124 Å². The van der Waals surface area contributed by atoms with Crippen molar-refractivity contribution in [2.24, 2.45) is 0 Å². The molecule has 0 aliphatic rings. The molecule has 94 valence electrons. The Bertz CT molecular complexity index is 637. The van der Waals surface area contributed by atoms with Crippen molar-refractivity contribution < 1.29 is 8.42 Å². The molecule has 1 heterocycles. The lowest BCUT2D eigenvalue weighted by atomic mass is 10.4. The van der Waals surface area contributed by atoms with Crippen LogP contribution in [-0.2, 0) is 10.0 Å². The van der Waals surface area contributed by atoms with Crippen molar-refractivity contribution in [2.45, 2.75) is 4.90 Å². The highest BCUT2D eigenvalue weighted by Crippen LogP contribution is 2.14. The number of hydrogen-bond donors (Lipinski definition) is 3. The predicted octanol–water partition coefficient (Wildman–Crippen LogP) is 0.442. The number of nitrogens with two attached hydrogens (primary N) is 2. The van der Waals surface area contributed by atoms with Crippen molar-refractivity contribution in [3.63, 3.8) is 0 Å². The van der Waals surface area contributed by atoms with Gasteiger partial charge in [0, 0.05) is 6.07 Å². The molecule has 2 aromatic rings. The fourth-order valence-corrected chi connectivity index (χ4v) is 2.27. The third-order valence-corrected chi connectivity index (χ3v) is 3.39. The molecule has 0 atom stereocenters. The van der Waals surface area contributed by atoms with E-state index in [1.54, 1.807) is 18.2 Å². The molecule has 5 N–H and O–H groups in total. The summed E-state index contributed by atoms with van der Waals surface area (Å²) < 4.78 is 26.1. The van der Waals surface area contributed by atoms with Crippen molar-refractivity contribution in [1.82, 2.24) is 9.97 Å². The van der Waals surface area contributed by atoms with Crippen LogP contribution in [0.5, 0.6) is 0 Å². The Balaban J connectivity index is 2.34. The Labute approximate surface area is 104 Å². The minimum absolute atomic E-state index is 0.0910. The van der Waals surface area contributed by atoms with Gasteiger partial charge in [0.1, 0.15) is 11.6 Å². The molecule has 0 saturated heterocycles. The van der Waals surface area contributed by atoms with Gasteiger partial charge in [-0.3, -0.25) is 0 Å². The average Bonchev–Trinajstić information content (AvgIpc) is 2.28. The maximum atomic E-state index is 12.0. The van der Waals surface area contributed by atoms with Gasteiger partial charge in [-0.1, -0.05) is 18.2 Å². The third kappa shape index (κ3) is 2.66. The van der Waals surface area contributed by atoms with Gasteiger partial charge in [-0.05, 0) is 12.1 Å². The van der Waals surface area contributed by atoms with Crippen LogP contribution < -0.4 is 16.2 Å². The second kappa shape index (κ2) is 4.49. The van der Waals surface area contributed by atoms with Crippen LogP contribution in [0.15, 0.2) is 41.3 Å². The molecule has 18 heavy (non-hydrogen) atoms. The van der Waals surface area contributed by atoms with E-state index >= 15 is 0 Å². The van der Waals surface area contributed by atoms with Gasteiger partial charge in [0.05, 0.1) is 4.90 Å². The standard InChI is InChI=1S/C10H11N5O2S/c11-8-6-9(12)14-10(13-8)15-18(16,17)7-4-2-1-3-5-7/h1-6H,(H5,11,12,13,14,15). The van der Waals surface area contributed by atoms with E-state index in [0.717, 1.165) is 0 Å². The molecule has 0 saturated carbocycles. The van der Waals surface area contributed by atoms with Crippen molar-refractivity contribution in [3.05, 3.63) is 36.4 Å². The van der Waals surface area contributed by atoms with E-state index in [9.17, 15) is 8.42 Å². The number of aromatic nitrogens is 2. The maximum absolute atomic E-state index is 12.0. The minimum atomic E-state index is -3.73. The first-order chi connectivity index (χ1) is 8.47. The summed E-state index contributed by atoms with van der Waals surface area (Å²) >= 11 is 0. The van der Waals surface area contributed by atoms with Gasteiger partial charge in [0.15, 0.2) is 0 Å². The molecular weight excluding hydrogens is 254 g/mol. The van der Waals surface area contributed by atoms with Crippen LogP contribution in [0.25, 0.3) is 0 Å². The SMILES string of the molecule is Nc1cc(N)nc(NS(=O)(=O)c2ccccc2)n1. The summed E-state index contributed by atoms with van der Waals surface area (Å²) in [6, 6.07) is 9.19. The largest absolute Gasteiger partial charge is 0.383 e. The van der Waals surface area contributed by atoms with Gasteiger partial charge in [-0.25, -0.2) is 13.1 Å². The summed E-state index contributed by atoms with van der Waals surface area (Å²) in [6.07, 6.45) is 0. The summed E-state index contributed by atoms with van der Waals surface area (Å²) in [6.45, 7) is 0. The molecule has 0 aliphatic carbocycles. The van der Waals surface area contributed by atoms with E-state index in [1.807, 2.05) is 0 Å². The van der Waals surface area contributed by atoms with Crippen molar-refractivity contribution in [2.75, 3.05) is 16.2 Å². The number of nitrogens with one attached hydrogen (secondary N) is 1. The van der Waals surface area contributed by atoms with Crippen LogP contribution in [-0.4, -0.2) is 18.4 Å². The molecule has 0 fully saturated rings. The van der Waals surface area contributed by atoms with E-state index < -0.39 is 10.0 Å². The lowest BCUT2D eigenvalue weighted by Crippen LogP contribution is -2.16. The zero-order chi connectivity index (χ0) is 13.2. The first kappa shape index (κ1) is 12.1. The van der Waals surface area contributed by atoms with Crippen molar-refractivity contribution in [3.8, 4) is 0 Å². The van der Waals surface area contributed by atoms with E-state index in [-0.39, 0.29) is 22.5 Å². The normalized spacial score (nSPS) is 11.1. The number of sulfonamides is 1. The van der Waals surface area contributed by atoms with Crippen LogP contribution >= 0.6 is 0 Å². The van der Waals surface area contributed by atoms with Crippen LogP contribution in [0.2, 0.25) is 0 Å². The molecule has 0 bridgehead atoms. The van der Waals surface area contributed by atoms with Crippen LogP contribution in [0.4, 0.5) is 17.6 Å². The smallest absolute Gasteiger partial charge is 0.264 e. The summed E-state index contributed by atoms with van der Waals surface area (Å²) in [5, 5.41) is 0. The summed E-state index contributed by atoms with van der Waals surface area (Å²) in [7, 11) is -3.73. The van der Waals surface area contributed by atoms with Crippen LogP contribution in [0, 0.1) is 0 Å². The molecule has 0 amide bonds. The summed E-state index contributed by atoms with van der Waals surface area (Å²) in [5.74, 6) is 0.0258. The molecule has 2 rings (SSSR count). The summed E-state index contributed by atoms with van der Waals surface area (Å²) in [5.41, 5.74) is 10.9. The number of nitrogens with zero attached hydrogens (tertiary/aromatic N) is 2. The Kier molecular flexibility index (Phi) is 3.02. The highest BCUT2D eigenvalue weighted by Gasteiger charge is 2.15. The molecule has 1 aromatic carbocycles. The molecule has 0 unspecified atom stereocenters. The van der Waals surface area contributed by atoms with Gasteiger partial charge >= 0.3 is 0 Å². The minimum Gasteiger partial charge on any atom is -0.383 e. The summed E-state index contributed by atoms with van der Waals surface area (Å²) in [4.78, 5) is 7.59. The van der Waals surface area contributed by atoms with Gasteiger partial charge in [0.2, 0.25) is 5.95 Å². The second-order valence-electron chi connectivity index (χ2n) is 3.46. The molecule has 0 aliphatic heterocycles. The lowest BCUT2D eigenvalue weighted by molar-refractivity contribution is 0.601. The number of hydrogen-bond acceptors (Lipinski definition) is 6.